The summed E-state index contributed by atoms with van der Waals surface area (Å²) in [7, 11) is 0. The van der Waals surface area contributed by atoms with Crippen molar-refractivity contribution >= 4 is 22.4 Å². The SMILES string of the molecule is Cc1cc(Cl)cc2c1OC1(CCCCC1)CC2NCc1ccc2ccccc2c1. The number of nitrogens with one attached hydrogen (secondary N) is 1. The molecule has 1 heterocycles. The monoisotopic (exact) mass is 405 g/mol. The molecule has 1 atom stereocenters. The smallest absolute Gasteiger partial charge is 0.127 e. The van der Waals surface area contributed by atoms with E-state index in [1.165, 1.54) is 41.2 Å². The van der Waals surface area contributed by atoms with E-state index in [1.54, 1.807) is 0 Å². The van der Waals surface area contributed by atoms with Gasteiger partial charge >= 0.3 is 0 Å². The highest BCUT2D eigenvalue weighted by atomic mass is 35.5. The molecule has 150 valence electrons. The number of aryl methyl sites for hydroxylation is 1. The summed E-state index contributed by atoms with van der Waals surface area (Å²) in [5.74, 6) is 1.05. The molecule has 1 unspecified atom stereocenters. The van der Waals surface area contributed by atoms with Crippen molar-refractivity contribution in [3.8, 4) is 5.75 Å². The molecule has 0 bridgehead atoms. The minimum Gasteiger partial charge on any atom is -0.487 e. The molecule has 0 saturated heterocycles. The second-order valence-corrected chi connectivity index (χ2v) is 9.24. The highest BCUT2D eigenvalue weighted by Gasteiger charge is 2.42. The van der Waals surface area contributed by atoms with Gasteiger partial charge in [0.15, 0.2) is 0 Å². The standard InChI is InChI=1S/C26H28ClNO/c1-18-13-22(27)15-23-24(16-26(29-25(18)23)11-5-2-6-12-26)28-17-19-9-10-20-7-3-4-8-21(20)14-19/h3-4,7-10,13-15,24,28H,2,5-6,11-12,16-17H2,1H3. The second-order valence-electron chi connectivity index (χ2n) is 8.81. The molecule has 1 N–H and O–H groups in total. The summed E-state index contributed by atoms with van der Waals surface area (Å²) >= 11 is 6.42. The van der Waals surface area contributed by atoms with Crippen LogP contribution in [-0.2, 0) is 6.54 Å². The van der Waals surface area contributed by atoms with E-state index in [1.807, 2.05) is 6.07 Å². The van der Waals surface area contributed by atoms with E-state index in [0.717, 1.165) is 42.1 Å². The highest BCUT2D eigenvalue weighted by molar-refractivity contribution is 6.30. The van der Waals surface area contributed by atoms with Gasteiger partial charge in [-0.15, -0.1) is 0 Å². The van der Waals surface area contributed by atoms with E-state index >= 15 is 0 Å². The number of benzene rings is 3. The zero-order chi connectivity index (χ0) is 19.8. The van der Waals surface area contributed by atoms with E-state index in [9.17, 15) is 0 Å². The van der Waals surface area contributed by atoms with Crippen LogP contribution in [0.25, 0.3) is 10.8 Å². The van der Waals surface area contributed by atoms with Crippen LogP contribution in [0.5, 0.6) is 5.75 Å². The average molecular weight is 406 g/mol. The maximum Gasteiger partial charge on any atom is 0.127 e. The number of hydrogen-bond donors (Lipinski definition) is 1. The Morgan fingerprint density at radius 3 is 2.62 bits per heavy atom. The summed E-state index contributed by atoms with van der Waals surface area (Å²) in [4.78, 5) is 0. The molecule has 2 aliphatic rings. The number of ether oxygens (including phenoxy) is 1. The van der Waals surface area contributed by atoms with Gasteiger partial charge in [0.1, 0.15) is 11.4 Å². The minimum absolute atomic E-state index is 0.0229. The second kappa shape index (κ2) is 7.66. The molecule has 5 rings (SSSR count). The Balaban J connectivity index is 1.44. The minimum atomic E-state index is -0.0229. The molecule has 1 saturated carbocycles. The Hall–Kier alpha value is -2.03. The van der Waals surface area contributed by atoms with Crippen LogP contribution in [0.1, 0.15) is 61.3 Å². The molecule has 3 heteroatoms. The lowest BCUT2D eigenvalue weighted by Gasteiger charge is -2.45. The maximum absolute atomic E-state index is 6.69. The lowest BCUT2D eigenvalue weighted by atomic mass is 9.76. The first kappa shape index (κ1) is 19.0. The van der Waals surface area contributed by atoms with Gasteiger partial charge in [-0.1, -0.05) is 54.4 Å². The predicted octanol–water partition coefficient (Wildman–Crippen LogP) is 7.12. The van der Waals surface area contributed by atoms with Gasteiger partial charge in [0.25, 0.3) is 0 Å². The quantitative estimate of drug-likeness (QED) is 0.500. The van der Waals surface area contributed by atoms with E-state index in [-0.39, 0.29) is 11.6 Å². The summed E-state index contributed by atoms with van der Waals surface area (Å²) in [6.45, 7) is 2.96. The zero-order valence-electron chi connectivity index (χ0n) is 17.0. The van der Waals surface area contributed by atoms with Gasteiger partial charge in [-0.05, 0) is 72.7 Å². The summed E-state index contributed by atoms with van der Waals surface area (Å²) < 4.78 is 6.69. The van der Waals surface area contributed by atoms with Gasteiger partial charge in [0, 0.05) is 29.6 Å². The van der Waals surface area contributed by atoms with Crippen molar-refractivity contribution in [3.05, 3.63) is 76.3 Å². The fraction of sp³-hybridized carbons (Fsp3) is 0.385. The fourth-order valence-corrected chi connectivity index (χ4v) is 5.45. The van der Waals surface area contributed by atoms with Crippen LogP contribution in [0, 0.1) is 6.92 Å². The van der Waals surface area contributed by atoms with Crippen LogP contribution in [0.4, 0.5) is 0 Å². The van der Waals surface area contributed by atoms with Crippen LogP contribution in [0.3, 0.4) is 0 Å². The Morgan fingerprint density at radius 1 is 1.00 bits per heavy atom. The molecule has 0 amide bonds. The van der Waals surface area contributed by atoms with E-state index in [4.69, 9.17) is 16.3 Å². The van der Waals surface area contributed by atoms with Gasteiger partial charge in [0.05, 0.1) is 0 Å². The van der Waals surface area contributed by atoms with Gasteiger partial charge in [-0.3, -0.25) is 0 Å². The van der Waals surface area contributed by atoms with Crippen molar-refractivity contribution in [2.45, 2.75) is 63.6 Å². The van der Waals surface area contributed by atoms with Crippen LogP contribution in [0.15, 0.2) is 54.6 Å². The molecule has 0 radical (unpaired) electrons. The third-order valence-electron chi connectivity index (χ3n) is 6.67. The summed E-state index contributed by atoms with van der Waals surface area (Å²) in [5.41, 5.74) is 3.65. The first-order valence-corrected chi connectivity index (χ1v) is 11.2. The van der Waals surface area contributed by atoms with Crippen molar-refractivity contribution in [1.82, 2.24) is 5.32 Å². The van der Waals surface area contributed by atoms with E-state index in [0.29, 0.717) is 0 Å². The summed E-state index contributed by atoms with van der Waals surface area (Å²) in [5, 5.41) is 7.22. The van der Waals surface area contributed by atoms with Gasteiger partial charge < -0.3 is 10.1 Å². The topological polar surface area (TPSA) is 21.3 Å². The molecular formula is C26H28ClNO. The molecule has 0 aromatic heterocycles. The van der Waals surface area contributed by atoms with Gasteiger partial charge in [-0.25, -0.2) is 0 Å². The summed E-state index contributed by atoms with van der Waals surface area (Å²) in [6.07, 6.45) is 7.18. The molecular weight excluding hydrogens is 378 g/mol. The highest BCUT2D eigenvalue weighted by Crippen LogP contribution is 2.48. The molecule has 1 spiro atoms. The normalized spacial score (nSPS) is 20.4. The Labute approximate surface area is 178 Å². The molecule has 3 aromatic rings. The lowest BCUT2D eigenvalue weighted by Crippen LogP contribution is -2.45. The predicted molar refractivity (Wildman–Crippen MR) is 121 cm³/mol. The van der Waals surface area contributed by atoms with Crippen LogP contribution >= 0.6 is 11.6 Å². The van der Waals surface area contributed by atoms with Gasteiger partial charge in [-0.2, -0.15) is 0 Å². The van der Waals surface area contributed by atoms with Crippen molar-refractivity contribution in [1.29, 1.82) is 0 Å². The van der Waals surface area contributed by atoms with Crippen molar-refractivity contribution in [3.63, 3.8) is 0 Å². The van der Waals surface area contributed by atoms with Crippen LogP contribution < -0.4 is 10.1 Å². The van der Waals surface area contributed by atoms with E-state index in [2.05, 4.69) is 60.8 Å². The third-order valence-corrected chi connectivity index (χ3v) is 6.89. The average Bonchev–Trinajstić information content (AvgIpc) is 2.73. The Kier molecular flexibility index (Phi) is 5.01. The van der Waals surface area contributed by atoms with E-state index < -0.39 is 0 Å². The third kappa shape index (κ3) is 3.76. The fourth-order valence-electron chi connectivity index (χ4n) is 5.17. The van der Waals surface area contributed by atoms with Crippen molar-refractivity contribution < 1.29 is 4.74 Å². The Morgan fingerprint density at radius 2 is 1.79 bits per heavy atom. The molecule has 2 nitrogen and oxygen atoms in total. The number of rotatable bonds is 3. The zero-order valence-corrected chi connectivity index (χ0v) is 17.8. The number of halogens is 1. The number of hydrogen-bond acceptors (Lipinski definition) is 2. The molecule has 3 aromatic carbocycles. The van der Waals surface area contributed by atoms with Crippen LogP contribution in [-0.4, -0.2) is 5.60 Å². The molecule has 1 aliphatic carbocycles. The molecule has 1 aliphatic heterocycles. The van der Waals surface area contributed by atoms with Gasteiger partial charge in [0.2, 0.25) is 0 Å². The van der Waals surface area contributed by atoms with Crippen LogP contribution in [0.2, 0.25) is 5.02 Å². The molecule has 29 heavy (non-hydrogen) atoms. The maximum atomic E-state index is 6.69. The number of fused-ring (bicyclic) bond motifs is 2. The largest absolute Gasteiger partial charge is 0.487 e. The van der Waals surface area contributed by atoms with Crippen molar-refractivity contribution in [2.75, 3.05) is 0 Å². The Bertz CT molecular complexity index is 1040. The lowest BCUT2D eigenvalue weighted by molar-refractivity contribution is -0.00354. The first-order valence-electron chi connectivity index (χ1n) is 10.8. The molecule has 1 fully saturated rings. The van der Waals surface area contributed by atoms with Crippen molar-refractivity contribution in [2.24, 2.45) is 0 Å². The summed E-state index contributed by atoms with van der Waals surface area (Å²) in [6, 6.07) is 19.7. The first-order chi connectivity index (χ1) is 14.1.